The molecule has 1 atom stereocenters. The molecular formula is C32H40N4O4S. The van der Waals surface area contributed by atoms with Gasteiger partial charge in [0, 0.05) is 31.4 Å². The fraction of sp³-hybridized carbons (Fsp3) is 0.406. The Morgan fingerprint density at radius 1 is 1.02 bits per heavy atom. The van der Waals surface area contributed by atoms with Gasteiger partial charge in [-0.05, 0) is 84.8 Å². The number of amides is 2. The van der Waals surface area contributed by atoms with Gasteiger partial charge in [0.15, 0.2) is 0 Å². The number of ether oxygens (including phenoxy) is 1. The summed E-state index contributed by atoms with van der Waals surface area (Å²) in [5, 5.41) is 6.51. The Kier molecular flexibility index (Phi) is 9.15. The quantitative estimate of drug-likeness (QED) is 0.269. The second kappa shape index (κ2) is 13.0. The maximum absolute atomic E-state index is 13.4. The molecule has 0 aromatic heterocycles. The minimum absolute atomic E-state index is 0.193. The third kappa shape index (κ3) is 7.40. The SMILES string of the molecule is COc1ccc(NC(=O)N2CCc3cc(S(=O)(=O)Nc4ccccc4CN[C@@H](C)CC4CCCC4)ccc3C2)cc1. The van der Waals surface area contributed by atoms with E-state index in [9.17, 15) is 13.2 Å². The van der Waals surface area contributed by atoms with Gasteiger partial charge in [0.2, 0.25) is 0 Å². The summed E-state index contributed by atoms with van der Waals surface area (Å²) in [4.78, 5) is 14.8. The third-order valence-corrected chi connectivity index (χ3v) is 9.56. The normalized spacial score (nSPS) is 16.2. The zero-order valence-corrected chi connectivity index (χ0v) is 24.7. The number of methoxy groups -OCH3 is 1. The summed E-state index contributed by atoms with van der Waals surface area (Å²) >= 11 is 0. The fourth-order valence-corrected chi connectivity index (χ4v) is 6.99. The van der Waals surface area contributed by atoms with Crippen LogP contribution in [0, 0.1) is 5.92 Å². The lowest BCUT2D eigenvalue weighted by molar-refractivity contribution is 0.206. The monoisotopic (exact) mass is 576 g/mol. The molecule has 8 nitrogen and oxygen atoms in total. The van der Waals surface area contributed by atoms with E-state index in [2.05, 4.69) is 22.3 Å². The van der Waals surface area contributed by atoms with Gasteiger partial charge in [-0.2, -0.15) is 0 Å². The van der Waals surface area contributed by atoms with Crippen LogP contribution < -0.4 is 20.1 Å². The Bertz CT molecular complexity index is 1450. The van der Waals surface area contributed by atoms with E-state index in [1.54, 1.807) is 48.4 Å². The zero-order valence-electron chi connectivity index (χ0n) is 23.9. The van der Waals surface area contributed by atoms with E-state index >= 15 is 0 Å². The number of nitrogens with one attached hydrogen (secondary N) is 3. The van der Waals surface area contributed by atoms with Crippen LogP contribution >= 0.6 is 0 Å². The van der Waals surface area contributed by atoms with E-state index in [1.807, 2.05) is 30.3 Å². The number of urea groups is 1. The topological polar surface area (TPSA) is 99.8 Å². The van der Waals surface area contributed by atoms with Crippen molar-refractivity contribution < 1.29 is 17.9 Å². The van der Waals surface area contributed by atoms with Crippen molar-refractivity contribution in [3.63, 3.8) is 0 Å². The molecule has 5 rings (SSSR count). The van der Waals surface area contributed by atoms with Crippen LogP contribution in [-0.2, 0) is 29.5 Å². The third-order valence-electron chi connectivity index (χ3n) is 8.19. The predicted molar refractivity (Wildman–Crippen MR) is 163 cm³/mol. The van der Waals surface area contributed by atoms with Gasteiger partial charge in [-0.15, -0.1) is 0 Å². The molecule has 2 amide bonds. The van der Waals surface area contributed by atoms with Gasteiger partial charge in [-0.3, -0.25) is 4.72 Å². The fourth-order valence-electron chi connectivity index (χ4n) is 5.84. The molecule has 1 fully saturated rings. The first-order chi connectivity index (χ1) is 19.8. The van der Waals surface area contributed by atoms with Crippen LogP contribution in [0.3, 0.4) is 0 Å². The van der Waals surface area contributed by atoms with Crippen LogP contribution in [0.15, 0.2) is 71.6 Å². The number of nitrogens with zero attached hydrogens (tertiary/aromatic N) is 1. The molecule has 0 spiro atoms. The number of carbonyl (C=O) groups excluding carboxylic acids is 1. The number of benzene rings is 3. The average molecular weight is 577 g/mol. The smallest absolute Gasteiger partial charge is 0.322 e. The predicted octanol–water partition coefficient (Wildman–Crippen LogP) is 6.14. The van der Waals surface area contributed by atoms with Crippen molar-refractivity contribution in [2.24, 2.45) is 5.92 Å². The summed E-state index contributed by atoms with van der Waals surface area (Å²) in [5.74, 6) is 1.52. The van der Waals surface area contributed by atoms with Crippen molar-refractivity contribution in [1.29, 1.82) is 0 Å². The highest BCUT2D eigenvalue weighted by Gasteiger charge is 2.24. The second-order valence-electron chi connectivity index (χ2n) is 11.2. The molecular weight excluding hydrogens is 536 g/mol. The summed E-state index contributed by atoms with van der Waals surface area (Å²) < 4.78 is 34.8. The molecule has 1 saturated carbocycles. The summed E-state index contributed by atoms with van der Waals surface area (Å²) in [5.41, 5.74) is 4.09. The van der Waals surface area contributed by atoms with E-state index < -0.39 is 10.0 Å². The molecule has 0 saturated heterocycles. The van der Waals surface area contributed by atoms with Crippen molar-refractivity contribution in [2.75, 3.05) is 23.7 Å². The molecule has 218 valence electrons. The first-order valence-corrected chi connectivity index (χ1v) is 15.9. The summed E-state index contributed by atoms with van der Waals surface area (Å²) in [6.45, 7) is 3.73. The van der Waals surface area contributed by atoms with E-state index in [4.69, 9.17) is 4.74 Å². The highest BCUT2D eigenvalue weighted by atomic mass is 32.2. The van der Waals surface area contributed by atoms with Gasteiger partial charge in [-0.25, -0.2) is 13.2 Å². The maximum Gasteiger partial charge on any atom is 0.322 e. The van der Waals surface area contributed by atoms with Crippen LogP contribution in [0.2, 0.25) is 0 Å². The van der Waals surface area contributed by atoms with E-state index in [-0.39, 0.29) is 10.9 Å². The lowest BCUT2D eigenvalue weighted by atomic mass is 9.99. The van der Waals surface area contributed by atoms with E-state index in [0.717, 1.165) is 34.8 Å². The van der Waals surface area contributed by atoms with Crippen molar-refractivity contribution in [3.8, 4) is 5.75 Å². The second-order valence-corrected chi connectivity index (χ2v) is 12.9. The summed E-state index contributed by atoms with van der Waals surface area (Å²) in [6, 6.07) is 20.1. The van der Waals surface area contributed by atoms with Gasteiger partial charge >= 0.3 is 6.03 Å². The number of sulfonamides is 1. The average Bonchev–Trinajstić information content (AvgIpc) is 3.49. The summed E-state index contributed by atoms with van der Waals surface area (Å²) in [6.07, 6.45) is 7.04. The maximum atomic E-state index is 13.4. The van der Waals surface area contributed by atoms with Crippen molar-refractivity contribution in [1.82, 2.24) is 10.2 Å². The standard InChI is InChI=1S/C32H40N4O4S/c1-23(19-24-7-3-4-8-24)33-21-26-9-5-6-10-31(26)35-41(38,39)30-16-11-27-22-36(18-17-25(27)20-30)32(37)34-28-12-14-29(40-2)15-13-28/h5-6,9-16,20,23-24,33,35H,3-4,7-8,17-19,21-22H2,1-2H3,(H,34,37)/t23-/m0/s1. The molecule has 3 N–H and O–H groups in total. The largest absolute Gasteiger partial charge is 0.497 e. The minimum atomic E-state index is -3.78. The molecule has 3 aromatic carbocycles. The van der Waals surface area contributed by atoms with Gasteiger partial charge in [0.05, 0.1) is 17.7 Å². The number of hydrogen-bond acceptors (Lipinski definition) is 5. The first kappa shape index (κ1) is 29.0. The van der Waals surface area contributed by atoms with Crippen LogP contribution in [0.1, 0.15) is 55.7 Å². The molecule has 9 heteroatoms. The molecule has 2 aliphatic rings. The van der Waals surface area contributed by atoms with Gasteiger partial charge < -0.3 is 20.3 Å². The minimum Gasteiger partial charge on any atom is -0.497 e. The number of carbonyl (C=O) groups is 1. The molecule has 3 aromatic rings. The first-order valence-electron chi connectivity index (χ1n) is 14.5. The van der Waals surface area contributed by atoms with Crippen molar-refractivity contribution in [2.45, 2.75) is 69.5 Å². The molecule has 0 unspecified atom stereocenters. The molecule has 1 heterocycles. The number of para-hydroxylation sites is 1. The molecule has 1 aliphatic carbocycles. The van der Waals surface area contributed by atoms with Crippen LogP contribution in [-0.4, -0.2) is 39.0 Å². The molecule has 41 heavy (non-hydrogen) atoms. The van der Waals surface area contributed by atoms with E-state index in [0.29, 0.717) is 43.5 Å². The van der Waals surface area contributed by atoms with Crippen molar-refractivity contribution >= 4 is 27.4 Å². The van der Waals surface area contributed by atoms with Crippen molar-refractivity contribution in [3.05, 3.63) is 83.4 Å². The molecule has 1 aliphatic heterocycles. The lowest BCUT2D eigenvalue weighted by Gasteiger charge is -2.29. The lowest BCUT2D eigenvalue weighted by Crippen LogP contribution is -2.39. The number of hydrogen-bond donors (Lipinski definition) is 3. The van der Waals surface area contributed by atoms with Gasteiger partial charge in [0.1, 0.15) is 5.75 Å². The number of anilines is 2. The van der Waals surface area contributed by atoms with Crippen LogP contribution in [0.5, 0.6) is 5.75 Å². The Morgan fingerprint density at radius 3 is 2.54 bits per heavy atom. The number of rotatable bonds is 10. The van der Waals surface area contributed by atoms with Crippen LogP contribution in [0.25, 0.3) is 0 Å². The Balaban J connectivity index is 1.21. The van der Waals surface area contributed by atoms with Gasteiger partial charge in [-0.1, -0.05) is 49.9 Å². The van der Waals surface area contributed by atoms with Crippen LogP contribution in [0.4, 0.5) is 16.2 Å². The molecule has 0 bridgehead atoms. The van der Waals surface area contributed by atoms with Gasteiger partial charge in [0.25, 0.3) is 10.0 Å². The highest BCUT2D eigenvalue weighted by molar-refractivity contribution is 7.92. The highest BCUT2D eigenvalue weighted by Crippen LogP contribution is 2.29. The summed E-state index contributed by atoms with van der Waals surface area (Å²) in [7, 11) is -2.19. The van der Waals surface area contributed by atoms with E-state index in [1.165, 1.54) is 25.7 Å². The zero-order chi connectivity index (χ0) is 28.8. The molecule has 0 radical (unpaired) electrons. The Morgan fingerprint density at radius 2 is 1.78 bits per heavy atom. The number of fused-ring (bicyclic) bond motifs is 1. The Hall–Kier alpha value is -3.56. The Labute approximate surface area is 243 Å².